The first-order valence-corrected chi connectivity index (χ1v) is 6.61. The molecule has 0 atom stereocenters. The molecule has 2 heteroatoms. The Balaban J connectivity index is 2.27. The van der Waals surface area contributed by atoms with Crippen LogP contribution in [0.5, 0.6) is 0 Å². The molecule has 0 amide bonds. The fourth-order valence-corrected chi connectivity index (χ4v) is 1.85. The molecule has 0 spiro atoms. The van der Waals surface area contributed by atoms with Crippen LogP contribution < -0.4 is 5.32 Å². The second-order valence-electron chi connectivity index (χ2n) is 4.73. The van der Waals surface area contributed by atoms with Gasteiger partial charge in [-0.2, -0.15) is 0 Å². The molecule has 1 rings (SSSR count). The minimum absolute atomic E-state index is 0.762. The van der Waals surface area contributed by atoms with Gasteiger partial charge in [0.2, 0.25) is 0 Å². The molecule has 0 radical (unpaired) electrons. The fourth-order valence-electron chi connectivity index (χ4n) is 1.85. The number of hydrogen-bond donors (Lipinski definition) is 1. The maximum Gasteiger partial charge on any atom is 0.0591 e. The number of hydrogen-bond acceptors (Lipinski definition) is 2. The molecule has 18 heavy (non-hydrogen) atoms. The van der Waals surface area contributed by atoms with Crippen LogP contribution in [0.1, 0.15) is 28.7 Å². The van der Waals surface area contributed by atoms with Crippen LogP contribution in [0.4, 0.5) is 0 Å². The summed E-state index contributed by atoms with van der Waals surface area (Å²) in [6, 6.07) is 4.53. The predicted octanol–water partition coefficient (Wildman–Crippen LogP) is 3.29. The molecule has 0 aliphatic rings. The van der Waals surface area contributed by atoms with E-state index < -0.39 is 0 Å². The topological polar surface area (TPSA) is 21.3 Å². The number of benzene rings is 1. The molecule has 0 unspecified atom stereocenters. The van der Waals surface area contributed by atoms with Gasteiger partial charge in [-0.3, -0.25) is 0 Å². The molecule has 0 saturated carbocycles. The Kier molecular flexibility index (Phi) is 6.69. The first kappa shape index (κ1) is 14.9. The molecule has 100 valence electrons. The predicted molar refractivity (Wildman–Crippen MR) is 78.0 cm³/mol. The molecule has 0 aliphatic heterocycles. The number of aryl methyl sites for hydroxylation is 3. The highest BCUT2D eigenvalue weighted by Crippen LogP contribution is 2.14. The zero-order chi connectivity index (χ0) is 13.4. The van der Waals surface area contributed by atoms with Gasteiger partial charge in [-0.15, -0.1) is 6.58 Å². The van der Waals surface area contributed by atoms with Crippen LogP contribution in [0.3, 0.4) is 0 Å². The summed E-state index contributed by atoms with van der Waals surface area (Å²) in [5.74, 6) is 0. The number of nitrogens with one attached hydrogen (secondary N) is 1. The van der Waals surface area contributed by atoms with E-state index in [9.17, 15) is 0 Å². The van der Waals surface area contributed by atoms with Crippen LogP contribution in [0.2, 0.25) is 0 Å². The van der Waals surface area contributed by atoms with Gasteiger partial charge in [0.1, 0.15) is 0 Å². The van der Waals surface area contributed by atoms with Crippen LogP contribution in [0, 0.1) is 20.8 Å². The number of rotatable bonds is 8. The second kappa shape index (κ2) is 8.06. The molecule has 1 N–H and O–H groups in total. The third-order valence-electron chi connectivity index (χ3n) is 3.16. The van der Waals surface area contributed by atoms with E-state index in [0.29, 0.717) is 0 Å². The first-order chi connectivity index (χ1) is 8.65. The Morgan fingerprint density at radius 2 is 1.83 bits per heavy atom. The molecule has 0 heterocycles. The van der Waals surface area contributed by atoms with Crippen molar-refractivity contribution in [1.82, 2.24) is 5.32 Å². The first-order valence-electron chi connectivity index (χ1n) is 6.61. The molecule has 0 aliphatic carbocycles. The van der Waals surface area contributed by atoms with Gasteiger partial charge in [-0.1, -0.05) is 18.2 Å². The van der Waals surface area contributed by atoms with E-state index in [0.717, 1.165) is 32.7 Å². The number of ether oxygens (including phenoxy) is 1. The summed E-state index contributed by atoms with van der Waals surface area (Å²) in [6.07, 6.45) is 2.81. The minimum atomic E-state index is 0.762. The minimum Gasteiger partial charge on any atom is -0.380 e. The molecule has 0 fully saturated rings. The molecule has 0 bridgehead atoms. The molecular weight excluding hydrogens is 222 g/mol. The lowest BCUT2D eigenvalue weighted by molar-refractivity contribution is 0.140. The lowest BCUT2D eigenvalue weighted by Gasteiger charge is -2.11. The Morgan fingerprint density at radius 3 is 2.56 bits per heavy atom. The van der Waals surface area contributed by atoms with Gasteiger partial charge >= 0.3 is 0 Å². The van der Waals surface area contributed by atoms with Crippen molar-refractivity contribution in [3.05, 3.63) is 47.0 Å². The van der Waals surface area contributed by atoms with E-state index >= 15 is 0 Å². The third kappa shape index (κ3) is 5.03. The Hall–Kier alpha value is -1.12. The molecule has 0 aromatic heterocycles. The SMILES string of the molecule is C=CCCOCCNCc1cc(C)c(C)cc1C. The van der Waals surface area contributed by atoms with Crippen molar-refractivity contribution in [3.8, 4) is 0 Å². The Morgan fingerprint density at radius 1 is 1.11 bits per heavy atom. The molecular formula is C16H25NO. The van der Waals surface area contributed by atoms with Crippen molar-refractivity contribution >= 4 is 0 Å². The quantitative estimate of drug-likeness (QED) is 0.562. The lowest BCUT2D eigenvalue weighted by atomic mass is 10.0. The van der Waals surface area contributed by atoms with Crippen molar-refractivity contribution in [2.24, 2.45) is 0 Å². The van der Waals surface area contributed by atoms with Crippen molar-refractivity contribution in [2.75, 3.05) is 19.8 Å². The molecule has 2 nitrogen and oxygen atoms in total. The van der Waals surface area contributed by atoms with Gasteiger partial charge < -0.3 is 10.1 Å². The average molecular weight is 247 g/mol. The third-order valence-corrected chi connectivity index (χ3v) is 3.16. The average Bonchev–Trinajstić information content (AvgIpc) is 2.34. The van der Waals surface area contributed by atoms with Crippen molar-refractivity contribution < 1.29 is 4.74 Å². The second-order valence-corrected chi connectivity index (χ2v) is 4.73. The standard InChI is InChI=1S/C16H25NO/c1-5-6-8-18-9-7-17-12-16-11-14(3)13(2)10-15(16)4/h5,10-11,17H,1,6-9,12H2,2-4H3. The van der Waals surface area contributed by atoms with E-state index in [4.69, 9.17) is 4.74 Å². The summed E-state index contributed by atoms with van der Waals surface area (Å²) >= 11 is 0. The zero-order valence-electron chi connectivity index (χ0n) is 11.9. The Bertz CT molecular complexity index is 385. The lowest BCUT2D eigenvalue weighted by Crippen LogP contribution is -2.20. The van der Waals surface area contributed by atoms with E-state index in [1.54, 1.807) is 0 Å². The van der Waals surface area contributed by atoms with E-state index in [-0.39, 0.29) is 0 Å². The summed E-state index contributed by atoms with van der Waals surface area (Å²) in [6.45, 7) is 13.5. The van der Waals surface area contributed by atoms with Gasteiger partial charge in [-0.05, 0) is 49.4 Å². The van der Waals surface area contributed by atoms with Crippen molar-refractivity contribution in [3.63, 3.8) is 0 Å². The van der Waals surface area contributed by atoms with Gasteiger partial charge in [-0.25, -0.2) is 0 Å². The molecule has 1 aromatic carbocycles. The molecule has 0 saturated heterocycles. The van der Waals surface area contributed by atoms with Crippen LogP contribution in [-0.4, -0.2) is 19.8 Å². The summed E-state index contributed by atoms with van der Waals surface area (Å²) in [4.78, 5) is 0. The van der Waals surface area contributed by atoms with E-state index in [1.165, 1.54) is 22.3 Å². The van der Waals surface area contributed by atoms with Gasteiger partial charge in [0, 0.05) is 13.1 Å². The summed E-state index contributed by atoms with van der Waals surface area (Å²) in [5.41, 5.74) is 5.46. The van der Waals surface area contributed by atoms with Gasteiger partial charge in [0.25, 0.3) is 0 Å². The maximum atomic E-state index is 5.45. The van der Waals surface area contributed by atoms with Crippen LogP contribution >= 0.6 is 0 Å². The van der Waals surface area contributed by atoms with E-state index in [2.05, 4.69) is 44.8 Å². The van der Waals surface area contributed by atoms with Crippen LogP contribution in [-0.2, 0) is 11.3 Å². The highest BCUT2D eigenvalue weighted by Gasteiger charge is 2.01. The summed E-state index contributed by atoms with van der Waals surface area (Å²) < 4.78 is 5.45. The summed E-state index contributed by atoms with van der Waals surface area (Å²) in [7, 11) is 0. The Labute approximate surface area is 111 Å². The summed E-state index contributed by atoms with van der Waals surface area (Å²) in [5, 5.41) is 3.42. The highest BCUT2D eigenvalue weighted by molar-refractivity contribution is 5.36. The van der Waals surface area contributed by atoms with Crippen LogP contribution in [0.25, 0.3) is 0 Å². The van der Waals surface area contributed by atoms with Crippen molar-refractivity contribution in [2.45, 2.75) is 33.7 Å². The normalized spacial score (nSPS) is 10.6. The zero-order valence-corrected chi connectivity index (χ0v) is 11.9. The van der Waals surface area contributed by atoms with Crippen molar-refractivity contribution in [1.29, 1.82) is 0 Å². The monoisotopic (exact) mass is 247 g/mol. The smallest absolute Gasteiger partial charge is 0.0591 e. The fraction of sp³-hybridized carbons (Fsp3) is 0.500. The highest BCUT2D eigenvalue weighted by atomic mass is 16.5. The van der Waals surface area contributed by atoms with Gasteiger partial charge in [0.15, 0.2) is 0 Å². The van der Waals surface area contributed by atoms with Crippen LogP contribution in [0.15, 0.2) is 24.8 Å². The van der Waals surface area contributed by atoms with Gasteiger partial charge in [0.05, 0.1) is 13.2 Å². The largest absolute Gasteiger partial charge is 0.380 e. The maximum absolute atomic E-state index is 5.45. The van der Waals surface area contributed by atoms with E-state index in [1.807, 2.05) is 6.08 Å². The molecule has 1 aromatic rings.